The van der Waals surface area contributed by atoms with Crippen LogP contribution in [-0.2, 0) is 5.88 Å². The normalized spacial score (nSPS) is 10.2. The van der Waals surface area contributed by atoms with Crippen LogP contribution in [-0.4, -0.2) is 12.5 Å². The Labute approximate surface area is 129 Å². The van der Waals surface area contributed by atoms with Gasteiger partial charge in [0.1, 0.15) is 5.75 Å². The number of anilines is 1. The lowest BCUT2D eigenvalue weighted by Gasteiger charge is -2.08. The summed E-state index contributed by atoms with van der Waals surface area (Å²) in [7, 11) is 0. The molecule has 0 fully saturated rings. The number of benzene rings is 2. The van der Waals surface area contributed by atoms with Gasteiger partial charge in [-0.1, -0.05) is 19.1 Å². The smallest absolute Gasteiger partial charge is 0.255 e. The van der Waals surface area contributed by atoms with E-state index < -0.39 is 0 Å². The number of carbonyl (C=O) groups is 1. The van der Waals surface area contributed by atoms with E-state index in [4.69, 9.17) is 16.3 Å². The predicted molar refractivity (Wildman–Crippen MR) is 86.2 cm³/mol. The van der Waals surface area contributed by atoms with Gasteiger partial charge in [0.2, 0.25) is 0 Å². The third kappa shape index (κ3) is 4.50. The van der Waals surface area contributed by atoms with Crippen molar-refractivity contribution in [3.8, 4) is 5.75 Å². The van der Waals surface area contributed by atoms with Crippen molar-refractivity contribution in [3.63, 3.8) is 0 Å². The van der Waals surface area contributed by atoms with Gasteiger partial charge in [-0.2, -0.15) is 0 Å². The zero-order valence-corrected chi connectivity index (χ0v) is 12.7. The molecule has 0 saturated carbocycles. The summed E-state index contributed by atoms with van der Waals surface area (Å²) in [6.45, 7) is 2.75. The molecule has 0 aliphatic rings. The first kappa shape index (κ1) is 15.4. The van der Waals surface area contributed by atoms with Gasteiger partial charge in [0.15, 0.2) is 0 Å². The van der Waals surface area contributed by atoms with Gasteiger partial charge in [-0.15, -0.1) is 11.6 Å². The van der Waals surface area contributed by atoms with Crippen LogP contribution in [0.5, 0.6) is 5.75 Å². The minimum Gasteiger partial charge on any atom is -0.494 e. The van der Waals surface area contributed by atoms with E-state index in [1.807, 2.05) is 36.4 Å². The highest BCUT2D eigenvalue weighted by Gasteiger charge is 2.06. The van der Waals surface area contributed by atoms with Gasteiger partial charge in [-0.25, -0.2) is 0 Å². The Morgan fingerprint density at radius 3 is 2.62 bits per heavy atom. The molecule has 0 atom stereocenters. The third-order valence-electron chi connectivity index (χ3n) is 2.93. The fourth-order valence-corrected chi connectivity index (χ4v) is 2.02. The van der Waals surface area contributed by atoms with Crippen LogP contribution >= 0.6 is 11.6 Å². The maximum absolute atomic E-state index is 12.2. The Bertz CT molecular complexity index is 596. The Morgan fingerprint density at radius 1 is 1.19 bits per heavy atom. The molecule has 4 heteroatoms. The molecule has 0 aliphatic carbocycles. The number of alkyl halides is 1. The molecule has 0 spiro atoms. The quantitative estimate of drug-likeness (QED) is 0.800. The molecular weight excluding hydrogens is 286 g/mol. The van der Waals surface area contributed by atoms with E-state index >= 15 is 0 Å². The van der Waals surface area contributed by atoms with Crippen LogP contribution in [0.1, 0.15) is 29.3 Å². The van der Waals surface area contributed by atoms with Crippen molar-refractivity contribution in [2.75, 3.05) is 11.9 Å². The van der Waals surface area contributed by atoms with Gasteiger partial charge in [0.05, 0.1) is 6.61 Å². The number of hydrogen-bond acceptors (Lipinski definition) is 2. The number of halogens is 1. The summed E-state index contributed by atoms with van der Waals surface area (Å²) in [4.78, 5) is 12.2. The first-order chi connectivity index (χ1) is 10.2. The Hall–Kier alpha value is -2.00. The maximum atomic E-state index is 12.2. The second-order valence-electron chi connectivity index (χ2n) is 4.66. The second-order valence-corrected chi connectivity index (χ2v) is 4.93. The summed E-state index contributed by atoms with van der Waals surface area (Å²) in [5.74, 6) is 1.05. The van der Waals surface area contributed by atoms with E-state index in [-0.39, 0.29) is 5.91 Å². The van der Waals surface area contributed by atoms with Crippen LogP contribution in [0.2, 0.25) is 0 Å². The molecule has 0 bridgehead atoms. The van der Waals surface area contributed by atoms with Crippen molar-refractivity contribution in [1.29, 1.82) is 0 Å². The van der Waals surface area contributed by atoms with Crippen LogP contribution in [0.4, 0.5) is 5.69 Å². The summed E-state index contributed by atoms with van der Waals surface area (Å²) in [5, 5.41) is 2.86. The highest BCUT2D eigenvalue weighted by molar-refractivity contribution is 6.17. The zero-order chi connectivity index (χ0) is 15.1. The van der Waals surface area contributed by atoms with E-state index in [1.165, 1.54) is 0 Å². The van der Waals surface area contributed by atoms with Gasteiger partial charge in [0.25, 0.3) is 5.91 Å². The summed E-state index contributed by atoms with van der Waals surface area (Å²) >= 11 is 5.78. The number of nitrogens with one attached hydrogen (secondary N) is 1. The lowest BCUT2D eigenvalue weighted by Crippen LogP contribution is -2.12. The van der Waals surface area contributed by atoms with Crippen molar-refractivity contribution in [2.24, 2.45) is 0 Å². The number of hydrogen-bond donors (Lipinski definition) is 1. The number of amides is 1. The van der Waals surface area contributed by atoms with Crippen LogP contribution in [0.3, 0.4) is 0 Å². The predicted octanol–water partition coefficient (Wildman–Crippen LogP) is 4.47. The maximum Gasteiger partial charge on any atom is 0.255 e. The zero-order valence-electron chi connectivity index (χ0n) is 11.9. The van der Waals surface area contributed by atoms with Crippen molar-refractivity contribution in [2.45, 2.75) is 19.2 Å². The lowest BCUT2D eigenvalue weighted by molar-refractivity contribution is 0.102. The van der Waals surface area contributed by atoms with Crippen LogP contribution in [0, 0.1) is 0 Å². The monoisotopic (exact) mass is 303 g/mol. The standard InChI is InChI=1S/C17H18ClNO2/c1-2-10-21-16-8-6-15(7-9-16)19-17(20)14-5-3-4-13(11-14)12-18/h3-9,11H,2,10,12H2,1H3,(H,19,20). The molecule has 2 rings (SSSR count). The summed E-state index contributed by atoms with van der Waals surface area (Å²) in [6, 6.07) is 14.6. The minimum atomic E-state index is -0.149. The number of rotatable bonds is 6. The molecule has 1 amide bonds. The molecule has 0 aromatic heterocycles. The van der Waals surface area contributed by atoms with Crippen molar-refractivity contribution < 1.29 is 9.53 Å². The molecule has 0 unspecified atom stereocenters. The molecule has 0 radical (unpaired) electrons. The van der Waals surface area contributed by atoms with Crippen molar-refractivity contribution >= 4 is 23.2 Å². The molecule has 21 heavy (non-hydrogen) atoms. The van der Waals surface area contributed by atoms with Gasteiger partial charge >= 0.3 is 0 Å². The Morgan fingerprint density at radius 2 is 1.95 bits per heavy atom. The fraction of sp³-hybridized carbons (Fsp3) is 0.235. The van der Waals surface area contributed by atoms with Crippen molar-refractivity contribution in [3.05, 3.63) is 59.7 Å². The molecule has 110 valence electrons. The van der Waals surface area contributed by atoms with E-state index in [1.54, 1.807) is 12.1 Å². The largest absolute Gasteiger partial charge is 0.494 e. The number of ether oxygens (including phenoxy) is 1. The lowest BCUT2D eigenvalue weighted by atomic mass is 10.1. The fourth-order valence-electron chi connectivity index (χ4n) is 1.85. The average molecular weight is 304 g/mol. The van der Waals surface area contributed by atoms with Gasteiger partial charge < -0.3 is 10.1 Å². The Balaban J connectivity index is 2.01. The van der Waals surface area contributed by atoms with Crippen LogP contribution < -0.4 is 10.1 Å². The highest BCUT2D eigenvalue weighted by Crippen LogP contribution is 2.17. The van der Waals surface area contributed by atoms with Crippen molar-refractivity contribution in [1.82, 2.24) is 0 Å². The first-order valence-electron chi connectivity index (χ1n) is 6.92. The van der Waals surface area contributed by atoms with E-state index in [2.05, 4.69) is 12.2 Å². The highest BCUT2D eigenvalue weighted by atomic mass is 35.5. The molecule has 2 aromatic carbocycles. The van der Waals surface area contributed by atoms with E-state index in [0.717, 1.165) is 23.4 Å². The SMILES string of the molecule is CCCOc1ccc(NC(=O)c2cccc(CCl)c2)cc1. The molecule has 0 aliphatic heterocycles. The molecule has 0 heterocycles. The first-order valence-corrected chi connectivity index (χ1v) is 7.45. The summed E-state index contributed by atoms with van der Waals surface area (Å²) in [6.07, 6.45) is 0.968. The Kier molecular flexibility index (Phi) is 5.64. The molecule has 1 N–H and O–H groups in total. The average Bonchev–Trinajstić information content (AvgIpc) is 2.54. The van der Waals surface area contributed by atoms with Gasteiger partial charge in [0, 0.05) is 17.1 Å². The molecule has 0 saturated heterocycles. The van der Waals surface area contributed by atoms with E-state index in [0.29, 0.717) is 18.1 Å². The summed E-state index contributed by atoms with van der Waals surface area (Å²) in [5.41, 5.74) is 2.26. The third-order valence-corrected chi connectivity index (χ3v) is 3.24. The topological polar surface area (TPSA) is 38.3 Å². The second kappa shape index (κ2) is 7.70. The van der Waals surface area contributed by atoms with Crippen LogP contribution in [0.25, 0.3) is 0 Å². The summed E-state index contributed by atoms with van der Waals surface area (Å²) < 4.78 is 5.50. The molecular formula is C17H18ClNO2. The van der Waals surface area contributed by atoms with Gasteiger partial charge in [-0.3, -0.25) is 4.79 Å². The van der Waals surface area contributed by atoms with Gasteiger partial charge in [-0.05, 0) is 48.4 Å². The molecule has 2 aromatic rings. The minimum absolute atomic E-state index is 0.149. The molecule has 3 nitrogen and oxygen atoms in total. The number of carbonyl (C=O) groups excluding carboxylic acids is 1. The van der Waals surface area contributed by atoms with E-state index in [9.17, 15) is 4.79 Å². The van der Waals surface area contributed by atoms with Crippen LogP contribution in [0.15, 0.2) is 48.5 Å².